The summed E-state index contributed by atoms with van der Waals surface area (Å²) in [6.07, 6.45) is 16.8. The van der Waals surface area contributed by atoms with Gasteiger partial charge in [-0.15, -0.1) is 0 Å². The van der Waals surface area contributed by atoms with Gasteiger partial charge >= 0.3 is 0 Å². The molecular formula is C11H12. The van der Waals surface area contributed by atoms with Crippen molar-refractivity contribution in [2.24, 2.45) is 0 Å². The smallest absolute Gasteiger partial charge is 0.0273 e. The molecule has 2 aliphatic rings. The normalized spacial score (nSPS) is 21.8. The Hall–Kier alpha value is -1.04. The molecule has 0 aromatic heterocycles. The van der Waals surface area contributed by atoms with E-state index in [1.165, 1.54) is 30.4 Å². The molecule has 0 atom stereocenters. The molecule has 0 bridgehead atoms. The zero-order chi connectivity index (χ0) is 7.52. The summed E-state index contributed by atoms with van der Waals surface area (Å²) in [4.78, 5) is 0. The van der Waals surface area contributed by atoms with Gasteiger partial charge < -0.3 is 0 Å². The fourth-order valence-electron chi connectivity index (χ4n) is 1.64. The third kappa shape index (κ3) is 1.35. The van der Waals surface area contributed by atoms with Crippen LogP contribution in [0.15, 0.2) is 47.6 Å². The Labute approximate surface area is 67.6 Å². The van der Waals surface area contributed by atoms with Crippen LogP contribution in [0.5, 0.6) is 0 Å². The van der Waals surface area contributed by atoms with Crippen molar-refractivity contribution in [3.05, 3.63) is 47.6 Å². The minimum absolute atomic E-state index is 1.27. The van der Waals surface area contributed by atoms with E-state index in [1.54, 1.807) is 0 Å². The summed E-state index contributed by atoms with van der Waals surface area (Å²) in [7, 11) is 0. The molecule has 0 N–H and O–H groups in total. The summed E-state index contributed by atoms with van der Waals surface area (Å²) in [6, 6.07) is 0. The van der Waals surface area contributed by atoms with E-state index in [1.807, 2.05) is 0 Å². The van der Waals surface area contributed by atoms with Crippen LogP contribution in [0.4, 0.5) is 0 Å². The zero-order valence-electron chi connectivity index (χ0n) is 6.59. The summed E-state index contributed by atoms with van der Waals surface area (Å²) >= 11 is 0. The van der Waals surface area contributed by atoms with Gasteiger partial charge in [-0.2, -0.15) is 0 Å². The fraction of sp³-hybridized carbons (Fsp3) is 0.273. The minimum Gasteiger partial charge on any atom is -0.0623 e. The lowest BCUT2D eigenvalue weighted by atomic mass is 10.1. The summed E-state index contributed by atoms with van der Waals surface area (Å²) < 4.78 is 0. The van der Waals surface area contributed by atoms with E-state index in [9.17, 15) is 0 Å². The maximum Gasteiger partial charge on any atom is -0.0273 e. The Morgan fingerprint density at radius 3 is 1.82 bits per heavy atom. The molecule has 0 aromatic rings. The number of rotatable bonds is 0. The Kier molecular flexibility index (Phi) is 1.76. The van der Waals surface area contributed by atoms with E-state index in [4.69, 9.17) is 0 Å². The van der Waals surface area contributed by atoms with Crippen molar-refractivity contribution >= 4 is 0 Å². The zero-order valence-corrected chi connectivity index (χ0v) is 6.59. The van der Waals surface area contributed by atoms with Crippen molar-refractivity contribution in [1.82, 2.24) is 0 Å². The third-order valence-electron chi connectivity index (χ3n) is 2.23. The Morgan fingerprint density at radius 1 is 0.727 bits per heavy atom. The summed E-state index contributed by atoms with van der Waals surface area (Å²) in [5, 5.41) is 0. The van der Waals surface area contributed by atoms with Gasteiger partial charge in [0.2, 0.25) is 0 Å². The van der Waals surface area contributed by atoms with Gasteiger partial charge in [-0.05, 0) is 30.4 Å². The van der Waals surface area contributed by atoms with Crippen molar-refractivity contribution in [2.45, 2.75) is 19.3 Å². The second-order valence-electron chi connectivity index (χ2n) is 3.01. The van der Waals surface area contributed by atoms with Crippen LogP contribution in [0.1, 0.15) is 19.3 Å². The second kappa shape index (κ2) is 2.91. The average Bonchev–Trinajstić information content (AvgIpc) is 2.35. The number of hydrogen-bond acceptors (Lipinski definition) is 0. The quantitative estimate of drug-likeness (QED) is 0.490. The first-order chi connectivity index (χ1) is 5.47. The molecule has 0 heterocycles. The topological polar surface area (TPSA) is 0 Å². The molecule has 11 heavy (non-hydrogen) atoms. The van der Waals surface area contributed by atoms with Crippen molar-refractivity contribution in [3.8, 4) is 0 Å². The largest absolute Gasteiger partial charge is 0.0623 e. The lowest BCUT2D eigenvalue weighted by Gasteiger charge is -1.96. The van der Waals surface area contributed by atoms with Crippen molar-refractivity contribution < 1.29 is 0 Å². The van der Waals surface area contributed by atoms with Gasteiger partial charge in [0.1, 0.15) is 0 Å². The molecular weight excluding hydrogens is 132 g/mol. The van der Waals surface area contributed by atoms with Crippen LogP contribution < -0.4 is 0 Å². The second-order valence-corrected chi connectivity index (χ2v) is 3.01. The van der Waals surface area contributed by atoms with Crippen LogP contribution in [0, 0.1) is 0 Å². The molecule has 0 heteroatoms. The van der Waals surface area contributed by atoms with Gasteiger partial charge in [0.25, 0.3) is 0 Å². The van der Waals surface area contributed by atoms with Gasteiger partial charge in [0.05, 0.1) is 0 Å². The highest BCUT2D eigenvalue weighted by Crippen LogP contribution is 2.28. The molecule has 0 radical (unpaired) electrons. The van der Waals surface area contributed by atoms with Crippen molar-refractivity contribution in [3.63, 3.8) is 0 Å². The highest BCUT2D eigenvalue weighted by Gasteiger charge is 2.08. The van der Waals surface area contributed by atoms with E-state index in [0.29, 0.717) is 0 Å². The van der Waals surface area contributed by atoms with Crippen molar-refractivity contribution in [2.75, 3.05) is 0 Å². The predicted octanol–water partition coefficient (Wildman–Crippen LogP) is 3.15. The summed E-state index contributed by atoms with van der Waals surface area (Å²) in [5.41, 5.74) is 3.07. The highest BCUT2D eigenvalue weighted by atomic mass is 14.1. The maximum absolute atomic E-state index is 2.24. The molecule has 2 aliphatic carbocycles. The van der Waals surface area contributed by atoms with Crippen LogP contribution in [-0.2, 0) is 0 Å². The molecule has 0 unspecified atom stereocenters. The van der Waals surface area contributed by atoms with E-state index < -0.39 is 0 Å². The van der Waals surface area contributed by atoms with Crippen LogP contribution in [0.3, 0.4) is 0 Å². The van der Waals surface area contributed by atoms with Gasteiger partial charge in [-0.3, -0.25) is 0 Å². The molecule has 0 nitrogen and oxygen atoms in total. The van der Waals surface area contributed by atoms with E-state index in [-0.39, 0.29) is 0 Å². The number of allylic oxidation sites excluding steroid dienone is 8. The Morgan fingerprint density at radius 2 is 1.27 bits per heavy atom. The monoisotopic (exact) mass is 144 g/mol. The van der Waals surface area contributed by atoms with E-state index >= 15 is 0 Å². The fourth-order valence-corrected chi connectivity index (χ4v) is 1.64. The standard InChI is InChI=1S/C11H12/c1-2-4-7-11-9-5-8-10(11)6-3-1/h1-4,6-7H,5,8-9H2. The number of hydrogen-bond donors (Lipinski definition) is 0. The van der Waals surface area contributed by atoms with E-state index in [2.05, 4.69) is 36.5 Å². The van der Waals surface area contributed by atoms with Gasteiger partial charge in [-0.25, -0.2) is 0 Å². The Balaban J connectivity index is 2.33. The van der Waals surface area contributed by atoms with Crippen LogP contribution in [0.2, 0.25) is 0 Å². The molecule has 0 aliphatic heterocycles. The van der Waals surface area contributed by atoms with Gasteiger partial charge in [0, 0.05) is 0 Å². The molecule has 0 saturated carbocycles. The molecule has 0 fully saturated rings. The highest BCUT2D eigenvalue weighted by molar-refractivity contribution is 5.40. The average molecular weight is 144 g/mol. The third-order valence-corrected chi connectivity index (χ3v) is 2.23. The van der Waals surface area contributed by atoms with Crippen molar-refractivity contribution in [1.29, 1.82) is 0 Å². The lowest BCUT2D eigenvalue weighted by molar-refractivity contribution is 0.906. The maximum atomic E-state index is 2.24. The summed E-state index contributed by atoms with van der Waals surface area (Å²) in [5.74, 6) is 0. The predicted molar refractivity (Wildman–Crippen MR) is 48.3 cm³/mol. The first-order valence-electron chi connectivity index (χ1n) is 4.20. The van der Waals surface area contributed by atoms with Crippen LogP contribution in [-0.4, -0.2) is 0 Å². The first-order valence-corrected chi connectivity index (χ1v) is 4.20. The van der Waals surface area contributed by atoms with Gasteiger partial charge in [-0.1, -0.05) is 36.5 Å². The molecule has 2 rings (SSSR count). The van der Waals surface area contributed by atoms with Crippen LogP contribution >= 0.6 is 0 Å². The molecule has 0 spiro atoms. The molecule has 0 saturated heterocycles. The van der Waals surface area contributed by atoms with E-state index in [0.717, 1.165) is 0 Å². The van der Waals surface area contributed by atoms with Crippen LogP contribution in [0.25, 0.3) is 0 Å². The first kappa shape index (κ1) is 6.66. The molecule has 0 amide bonds. The molecule has 0 aromatic carbocycles. The Bertz CT molecular complexity index is 236. The minimum atomic E-state index is 1.27. The molecule has 56 valence electrons. The SMILES string of the molecule is C1=CC=CC2=C(C=C1)CCC2. The van der Waals surface area contributed by atoms with Gasteiger partial charge in [0.15, 0.2) is 0 Å². The summed E-state index contributed by atoms with van der Waals surface area (Å²) in [6.45, 7) is 0. The lowest BCUT2D eigenvalue weighted by Crippen LogP contribution is -1.76.